The summed E-state index contributed by atoms with van der Waals surface area (Å²) in [6, 6.07) is 1.80. The number of hydrogen-bond donors (Lipinski definition) is 1. The molecule has 1 amide bonds. The minimum atomic E-state index is -1.03. The Morgan fingerprint density at radius 1 is 1.24 bits per heavy atom. The number of methoxy groups -OCH3 is 1. The molecule has 1 aromatic heterocycles. The third kappa shape index (κ3) is 1.99. The zero-order valence-electron chi connectivity index (χ0n) is 8.70. The average molecular weight is 239 g/mol. The van der Waals surface area contributed by atoms with Crippen molar-refractivity contribution < 1.29 is 18.3 Å². The smallest absolute Gasteiger partial charge is 0.258 e. The van der Waals surface area contributed by atoms with E-state index >= 15 is 0 Å². The number of anilines is 1. The number of carbonyl (C=O) groups is 1. The van der Waals surface area contributed by atoms with Crippen molar-refractivity contribution in [3.8, 4) is 5.88 Å². The van der Waals surface area contributed by atoms with Gasteiger partial charge in [0.25, 0.3) is 5.88 Å². The minimum Gasteiger partial charge on any atom is -0.478 e. The molecule has 1 N–H and O–H groups in total. The number of benzene rings is 1. The van der Waals surface area contributed by atoms with E-state index in [0.717, 1.165) is 12.1 Å². The van der Waals surface area contributed by atoms with Crippen molar-refractivity contribution in [1.82, 2.24) is 9.97 Å². The zero-order chi connectivity index (χ0) is 12.4. The number of halogens is 2. The number of hydrogen-bond acceptors (Lipinski definition) is 4. The maximum absolute atomic E-state index is 13.0. The van der Waals surface area contributed by atoms with Gasteiger partial charge in [0.15, 0.2) is 17.5 Å². The summed E-state index contributed by atoms with van der Waals surface area (Å²) >= 11 is 0. The van der Waals surface area contributed by atoms with Crippen molar-refractivity contribution in [2.24, 2.45) is 0 Å². The Hall–Kier alpha value is -2.31. The van der Waals surface area contributed by atoms with Gasteiger partial charge in [0, 0.05) is 12.1 Å². The number of ether oxygens (including phenoxy) is 1. The standard InChI is InChI=1S/C10H7F2N3O2/c1-17-10-9(13-4-16)14-7-2-5(11)6(12)3-8(7)15-10/h2-4H,1H3,(H,13,14,16). The first kappa shape index (κ1) is 11.2. The highest BCUT2D eigenvalue weighted by Crippen LogP contribution is 2.24. The molecule has 0 spiro atoms. The molecule has 0 saturated heterocycles. The Morgan fingerprint density at radius 3 is 2.35 bits per heavy atom. The molecule has 1 heterocycles. The normalized spacial score (nSPS) is 10.3. The van der Waals surface area contributed by atoms with Crippen LogP contribution in [-0.4, -0.2) is 23.5 Å². The van der Waals surface area contributed by atoms with Gasteiger partial charge in [-0.15, -0.1) is 0 Å². The summed E-state index contributed by atoms with van der Waals surface area (Å²) in [7, 11) is 1.33. The topological polar surface area (TPSA) is 64.1 Å². The van der Waals surface area contributed by atoms with E-state index in [2.05, 4.69) is 15.3 Å². The van der Waals surface area contributed by atoms with E-state index in [-0.39, 0.29) is 22.7 Å². The van der Waals surface area contributed by atoms with Gasteiger partial charge in [0.2, 0.25) is 6.41 Å². The van der Waals surface area contributed by atoms with Crippen LogP contribution in [0.4, 0.5) is 14.6 Å². The lowest BCUT2D eigenvalue weighted by Gasteiger charge is -2.07. The molecule has 17 heavy (non-hydrogen) atoms. The van der Waals surface area contributed by atoms with Crippen LogP contribution in [0.2, 0.25) is 0 Å². The summed E-state index contributed by atoms with van der Waals surface area (Å²) in [6.45, 7) is 0. The van der Waals surface area contributed by atoms with Gasteiger partial charge in [0.1, 0.15) is 0 Å². The van der Waals surface area contributed by atoms with E-state index < -0.39 is 11.6 Å². The van der Waals surface area contributed by atoms with E-state index in [1.807, 2.05) is 0 Å². The van der Waals surface area contributed by atoms with Crippen molar-refractivity contribution in [2.45, 2.75) is 0 Å². The fourth-order valence-electron chi connectivity index (χ4n) is 1.33. The van der Waals surface area contributed by atoms with Crippen LogP contribution in [0, 0.1) is 11.6 Å². The molecule has 0 unspecified atom stereocenters. The fraction of sp³-hybridized carbons (Fsp3) is 0.100. The number of amides is 1. The maximum Gasteiger partial charge on any atom is 0.258 e. The molecule has 0 aliphatic rings. The average Bonchev–Trinajstić information content (AvgIpc) is 2.31. The Labute approximate surface area is 94.4 Å². The zero-order valence-corrected chi connectivity index (χ0v) is 8.70. The number of aromatic nitrogens is 2. The molecule has 7 heteroatoms. The fourth-order valence-corrected chi connectivity index (χ4v) is 1.33. The summed E-state index contributed by atoms with van der Waals surface area (Å²) in [5.74, 6) is -1.99. The predicted octanol–water partition coefficient (Wildman–Crippen LogP) is 1.48. The summed E-state index contributed by atoms with van der Waals surface area (Å²) in [4.78, 5) is 18.1. The van der Waals surface area contributed by atoms with Gasteiger partial charge >= 0.3 is 0 Å². The van der Waals surface area contributed by atoms with Crippen LogP contribution in [0.5, 0.6) is 5.88 Å². The number of nitrogens with zero attached hydrogens (tertiary/aromatic N) is 2. The second-order valence-corrected chi connectivity index (χ2v) is 3.10. The van der Waals surface area contributed by atoms with E-state index in [1.54, 1.807) is 0 Å². The van der Waals surface area contributed by atoms with Gasteiger partial charge < -0.3 is 10.1 Å². The highest BCUT2D eigenvalue weighted by Gasteiger charge is 2.11. The molecule has 0 aliphatic carbocycles. The van der Waals surface area contributed by atoms with Crippen molar-refractivity contribution in [3.05, 3.63) is 23.8 Å². The first-order valence-electron chi connectivity index (χ1n) is 4.56. The van der Waals surface area contributed by atoms with Crippen LogP contribution in [-0.2, 0) is 4.79 Å². The molecule has 0 fully saturated rings. The minimum absolute atomic E-state index is 0.0237. The summed E-state index contributed by atoms with van der Waals surface area (Å²) in [6.07, 6.45) is 0.387. The Balaban J connectivity index is 2.69. The van der Waals surface area contributed by atoms with Crippen LogP contribution in [0.3, 0.4) is 0 Å². The molecule has 2 aromatic rings. The highest BCUT2D eigenvalue weighted by molar-refractivity contribution is 5.81. The molecule has 88 valence electrons. The lowest BCUT2D eigenvalue weighted by Crippen LogP contribution is -2.03. The van der Waals surface area contributed by atoms with Crippen molar-refractivity contribution in [3.63, 3.8) is 0 Å². The highest BCUT2D eigenvalue weighted by atomic mass is 19.2. The van der Waals surface area contributed by atoms with Gasteiger partial charge in [-0.2, -0.15) is 0 Å². The quantitative estimate of drug-likeness (QED) is 0.824. The van der Waals surface area contributed by atoms with Gasteiger partial charge in [-0.05, 0) is 0 Å². The molecule has 0 aliphatic heterocycles. The molecule has 0 radical (unpaired) electrons. The van der Waals surface area contributed by atoms with Gasteiger partial charge in [-0.25, -0.2) is 18.7 Å². The predicted molar refractivity (Wildman–Crippen MR) is 55.7 cm³/mol. The van der Waals surface area contributed by atoms with Crippen LogP contribution in [0.25, 0.3) is 11.0 Å². The number of fused-ring (bicyclic) bond motifs is 1. The largest absolute Gasteiger partial charge is 0.478 e. The summed E-state index contributed by atoms with van der Waals surface area (Å²) in [5, 5.41) is 2.26. The van der Waals surface area contributed by atoms with Gasteiger partial charge in [0.05, 0.1) is 18.1 Å². The number of carbonyl (C=O) groups excluding carboxylic acids is 1. The molecule has 0 atom stereocenters. The van der Waals surface area contributed by atoms with Gasteiger partial charge in [-0.1, -0.05) is 0 Å². The Morgan fingerprint density at radius 2 is 1.82 bits per heavy atom. The second kappa shape index (κ2) is 4.28. The lowest BCUT2D eigenvalue weighted by molar-refractivity contribution is -0.105. The molecule has 0 saturated carbocycles. The van der Waals surface area contributed by atoms with E-state index in [0.29, 0.717) is 6.41 Å². The van der Waals surface area contributed by atoms with Crippen LogP contribution in [0.1, 0.15) is 0 Å². The second-order valence-electron chi connectivity index (χ2n) is 3.10. The van der Waals surface area contributed by atoms with Crippen LogP contribution in [0.15, 0.2) is 12.1 Å². The van der Waals surface area contributed by atoms with Crippen LogP contribution >= 0.6 is 0 Å². The first-order valence-corrected chi connectivity index (χ1v) is 4.56. The van der Waals surface area contributed by atoms with E-state index in [9.17, 15) is 13.6 Å². The molecule has 1 aromatic carbocycles. The first-order chi connectivity index (χ1) is 8.15. The molecule has 0 bridgehead atoms. The van der Waals surface area contributed by atoms with Crippen molar-refractivity contribution >= 4 is 23.3 Å². The number of nitrogens with one attached hydrogen (secondary N) is 1. The SMILES string of the molecule is COc1nc2cc(F)c(F)cc2nc1NC=O. The molecule has 2 rings (SSSR count). The van der Waals surface area contributed by atoms with Crippen molar-refractivity contribution in [1.29, 1.82) is 0 Å². The monoisotopic (exact) mass is 239 g/mol. The third-order valence-electron chi connectivity index (χ3n) is 2.06. The molecular weight excluding hydrogens is 232 g/mol. The number of rotatable bonds is 3. The summed E-state index contributed by atoms with van der Waals surface area (Å²) in [5.41, 5.74) is 0.256. The lowest BCUT2D eigenvalue weighted by atomic mass is 10.3. The van der Waals surface area contributed by atoms with Gasteiger partial charge in [-0.3, -0.25) is 4.79 Å². The van der Waals surface area contributed by atoms with Crippen LogP contribution < -0.4 is 10.1 Å². The third-order valence-corrected chi connectivity index (χ3v) is 2.06. The summed E-state index contributed by atoms with van der Waals surface area (Å²) < 4.78 is 30.8. The molecular formula is C10H7F2N3O2. The Kier molecular flexibility index (Phi) is 2.82. The Bertz CT molecular complexity index is 589. The molecule has 5 nitrogen and oxygen atoms in total. The van der Waals surface area contributed by atoms with E-state index in [1.165, 1.54) is 7.11 Å². The maximum atomic E-state index is 13.0. The van der Waals surface area contributed by atoms with Crippen molar-refractivity contribution in [2.75, 3.05) is 12.4 Å². The van der Waals surface area contributed by atoms with E-state index in [4.69, 9.17) is 4.74 Å².